The molecule has 0 radical (unpaired) electrons. The van der Waals surface area contributed by atoms with Gasteiger partial charge >= 0.3 is 0 Å². The summed E-state index contributed by atoms with van der Waals surface area (Å²) in [4.78, 5) is 5.68. The van der Waals surface area contributed by atoms with Crippen LogP contribution in [0.25, 0.3) is 11.0 Å². The lowest BCUT2D eigenvalue weighted by Gasteiger charge is -2.14. The second-order valence-electron chi connectivity index (χ2n) is 4.02. The minimum absolute atomic E-state index is 0.224. The van der Waals surface area contributed by atoms with Crippen LogP contribution in [0.3, 0.4) is 0 Å². The SMILES string of the molecule is C[C@@H](c1cccs1)n1c(N)nc2ccccc21. The van der Waals surface area contributed by atoms with Gasteiger partial charge < -0.3 is 10.3 Å². The van der Waals surface area contributed by atoms with Gasteiger partial charge in [-0.05, 0) is 30.5 Å². The molecule has 0 saturated carbocycles. The van der Waals surface area contributed by atoms with Crippen LogP contribution in [0.15, 0.2) is 41.8 Å². The molecule has 1 atom stereocenters. The van der Waals surface area contributed by atoms with Crippen molar-refractivity contribution >= 4 is 28.3 Å². The standard InChI is InChI=1S/C13H13N3S/c1-9(12-7-4-8-17-12)16-11-6-3-2-5-10(11)15-13(16)14/h2-9H,1H3,(H2,14,15)/t9-/m0/s1. The van der Waals surface area contributed by atoms with Crippen molar-refractivity contribution in [3.05, 3.63) is 46.7 Å². The number of hydrogen-bond acceptors (Lipinski definition) is 3. The predicted octanol–water partition coefficient (Wildman–Crippen LogP) is 3.29. The van der Waals surface area contributed by atoms with Crippen molar-refractivity contribution < 1.29 is 0 Å². The minimum atomic E-state index is 0.224. The van der Waals surface area contributed by atoms with E-state index in [-0.39, 0.29) is 6.04 Å². The molecule has 0 saturated heterocycles. The number of aromatic nitrogens is 2. The van der Waals surface area contributed by atoms with E-state index in [1.165, 1.54) is 4.88 Å². The quantitative estimate of drug-likeness (QED) is 0.750. The first kappa shape index (κ1) is 10.4. The first-order valence-corrected chi connectivity index (χ1v) is 6.41. The second kappa shape index (κ2) is 3.89. The monoisotopic (exact) mass is 243 g/mol. The first-order chi connectivity index (χ1) is 8.27. The summed E-state index contributed by atoms with van der Waals surface area (Å²) in [5.41, 5.74) is 8.06. The van der Waals surface area contributed by atoms with E-state index in [0.717, 1.165) is 11.0 Å². The molecule has 0 bridgehead atoms. The fourth-order valence-electron chi connectivity index (χ4n) is 2.13. The third-order valence-corrected chi connectivity index (χ3v) is 4.01. The Morgan fingerprint density at radius 1 is 1.24 bits per heavy atom. The van der Waals surface area contributed by atoms with Crippen molar-refractivity contribution in [2.75, 3.05) is 5.73 Å². The van der Waals surface area contributed by atoms with Crippen LogP contribution in [0.2, 0.25) is 0 Å². The summed E-state index contributed by atoms with van der Waals surface area (Å²) in [7, 11) is 0. The van der Waals surface area contributed by atoms with Gasteiger partial charge in [0.1, 0.15) is 0 Å². The van der Waals surface area contributed by atoms with Crippen molar-refractivity contribution in [2.24, 2.45) is 0 Å². The summed E-state index contributed by atoms with van der Waals surface area (Å²) >= 11 is 1.74. The molecule has 0 unspecified atom stereocenters. The van der Waals surface area contributed by atoms with Crippen LogP contribution in [0, 0.1) is 0 Å². The maximum atomic E-state index is 6.02. The largest absolute Gasteiger partial charge is 0.369 e. The van der Waals surface area contributed by atoms with Crippen molar-refractivity contribution in [2.45, 2.75) is 13.0 Å². The van der Waals surface area contributed by atoms with E-state index >= 15 is 0 Å². The number of para-hydroxylation sites is 2. The lowest BCUT2D eigenvalue weighted by atomic mass is 10.2. The van der Waals surface area contributed by atoms with Crippen LogP contribution < -0.4 is 5.73 Å². The van der Waals surface area contributed by atoms with Crippen molar-refractivity contribution in [1.82, 2.24) is 9.55 Å². The molecule has 17 heavy (non-hydrogen) atoms. The fourth-order valence-corrected chi connectivity index (χ4v) is 2.90. The van der Waals surface area contributed by atoms with Gasteiger partial charge in [-0.2, -0.15) is 0 Å². The number of nitrogen functional groups attached to an aromatic ring is 1. The third-order valence-electron chi connectivity index (χ3n) is 2.97. The average molecular weight is 243 g/mol. The van der Waals surface area contributed by atoms with E-state index in [9.17, 15) is 0 Å². The highest BCUT2D eigenvalue weighted by Crippen LogP contribution is 2.29. The zero-order chi connectivity index (χ0) is 11.8. The van der Waals surface area contributed by atoms with Gasteiger partial charge in [-0.25, -0.2) is 4.98 Å². The maximum absolute atomic E-state index is 6.02. The Kier molecular flexibility index (Phi) is 2.37. The Morgan fingerprint density at radius 3 is 2.82 bits per heavy atom. The summed E-state index contributed by atoms with van der Waals surface area (Å²) in [6.07, 6.45) is 0. The Bertz CT molecular complexity index is 640. The van der Waals surface area contributed by atoms with Crippen LogP contribution in [0.4, 0.5) is 5.95 Å². The van der Waals surface area contributed by atoms with Gasteiger partial charge in [0, 0.05) is 4.88 Å². The Morgan fingerprint density at radius 2 is 2.06 bits per heavy atom. The molecule has 3 aromatic rings. The Hall–Kier alpha value is -1.81. The zero-order valence-electron chi connectivity index (χ0n) is 9.50. The molecule has 0 aliphatic heterocycles. The number of hydrogen-bond donors (Lipinski definition) is 1. The number of nitrogens with zero attached hydrogens (tertiary/aromatic N) is 2. The number of fused-ring (bicyclic) bond motifs is 1. The summed E-state index contributed by atoms with van der Waals surface area (Å²) in [6.45, 7) is 2.15. The van der Waals surface area contributed by atoms with Crippen LogP contribution in [-0.2, 0) is 0 Å². The summed E-state index contributed by atoms with van der Waals surface area (Å²) < 4.78 is 2.08. The van der Waals surface area contributed by atoms with E-state index in [1.807, 2.05) is 18.2 Å². The van der Waals surface area contributed by atoms with Crippen LogP contribution >= 0.6 is 11.3 Å². The number of anilines is 1. The summed E-state index contributed by atoms with van der Waals surface area (Å²) in [5.74, 6) is 0.576. The van der Waals surface area contributed by atoms with E-state index in [4.69, 9.17) is 5.73 Å². The fraction of sp³-hybridized carbons (Fsp3) is 0.154. The van der Waals surface area contributed by atoms with Gasteiger partial charge in [0.05, 0.1) is 17.1 Å². The van der Waals surface area contributed by atoms with Gasteiger partial charge in [-0.15, -0.1) is 11.3 Å². The van der Waals surface area contributed by atoms with Crippen molar-refractivity contribution in [3.63, 3.8) is 0 Å². The first-order valence-electron chi connectivity index (χ1n) is 5.53. The molecule has 1 aromatic carbocycles. The highest BCUT2D eigenvalue weighted by molar-refractivity contribution is 7.10. The van der Waals surface area contributed by atoms with E-state index in [1.54, 1.807) is 11.3 Å². The van der Waals surface area contributed by atoms with E-state index < -0.39 is 0 Å². The number of thiophene rings is 1. The molecule has 2 heterocycles. The molecule has 2 N–H and O–H groups in total. The molecule has 86 valence electrons. The number of imidazole rings is 1. The molecule has 4 heteroatoms. The molecule has 3 rings (SSSR count). The Balaban J connectivity index is 2.20. The van der Waals surface area contributed by atoms with E-state index in [0.29, 0.717) is 5.95 Å². The number of rotatable bonds is 2. The van der Waals surface area contributed by atoms with Crippen LogP contribution in [0.1, 0.15) is 17.8 Å². The Labute approximate surface area is 104 Å². The van der Waals surface area contributed by atoms with Crippen LogP contribution in [-0.4, -0.2) is 9.55 Å². The van der Waals surface area contributed by atoms with E-state index in [2.05, 4.69) is 40.1 Å². The van der Waals surface area contributed by atoms with Gasteiger partial charge in [-0.3, -0.25) is 0 Å². The highest BCUT2D eigenvalue weighted by Gasteiger charge is 2.15. The minimum Gasteiger partial charge on any atom is -0.369 e. The molecule has 2 aromatic heterocycles. The summed E-state index contributed by atoms with van der Waals surface area (Å²) in [5, 5.41) is 2.08. The van der Waals surface area contributed by atoms with Crippen LogP contribution in [0.5, 0.6) is 0 Å². The van der Waals surface area contributed by atoms with Crippen molar-refractivity contribution in [3.8, 4) is 0 Å². The lowest BCUT2D eigenvalue weighted by Crippen LogP contribution is -2.08. The number of benzene rings is 1. The molecule has 0 aliphatic rings. The normalized spacial score (nSPS) is 13.0. The molecule has 3 nitrogen and oxygen atoms in total. The molecule has 0 amide bonds. The molecule has 0 fully saturated rings. The second-order valence-corrected chi connectivity index (χ2v) is 5.00. The smallest absolute Gasteiger partial charge is 0.201 e. The van der Waals surface area contributed by atoms with Gasteiger partial charge in [0.15, 0.2) is 0 Å². The lowest BCUT2D eigenvalue weighted by molar-refractivity contribution is 0.680. The molecule has 0 aliphatic carbocycles. The molecular formula is C13H13N3S. The third kappa shape index (κ3) is 1.61. The van der Waals surface area contributed by atoms with Gasteiger partial charge in [0.25, 0.3) is 0 Å². The van der Waals surface area contributed by atoms with Crippen molar-refractivity contribution in [1.29, 1.82) is 0 Å². The predicted molar refractivity (Wildman–Crippen MR) is 72.3 cm³/mol. The highest BCUT2D eigenvalue weighted by atomic mass is 32.1. The molecular weight excluding hydrogens is 230 g/mol. The van der Waals surface area contributed by atoms with Gasteiger partial charge in [0.2, 0.25) is 5.95 Å². The summed E-state index contributed by atoms with van der Waals surface area (Å²) in [6, 6.07) is 12.5. The zero-order valence-corrected chi connectivity index (χ0v) is 10.3. The topological polar surface area (TPSA) is 43.8 Å². The average Bonchev–Trinajstić information content (AvgIpc) is 2.94. The molecule has 0 spiro atoms. The number of nitrogens with two attached hydrogens (primary N) is 1. The van der Waals surface area contributed by atoms with Gasteiger partial charge in [-0.1, -0.05) is 18.2 Å². The maximum Gasteiger partial charge on any atom is 0.201 e.